The first kappa shape index (κ1) is 19.4. The van der Waals surface area contributed by atoms with Gasteiger partial charge in [-0.3, -0.25) is 0 Å². The van der Waals surface area contributed by atoms with Crippen LogP contribution in [0, 0.1) is 12.7 Å². The maximum absolute atomic E-state index is 15.7. The Morgan fingerprint density at radius 1 is 1.24 bits per heavy atom. The summed E-state index contributed by atoms with van der Waals surface area (Å²) < 4.78 is 27.1. The van der Waals surface area contributed by atoms with Gasteiger partial charge >= 0.3 is 0 Å². The number of hydrogen-bond donors (Lipinski definition) is 4. The largest absolute Gasteiger partial charge is 0.486 e. The first-order valence-electron chi connectivity index (χ1n) is 9.56. The summed E-state index contributed by atoms with van der Waals surface area (Å²) in [6, 6.07) is 3.35. The molecular formula is C20H24FN5O3. The number of aliphatic hydroxyl groups is 1. The Bertz CT molecular complexity index is 950. The summed E-state index contributed by atoms with van der Waals surface area (Å²) in [6.45, 7) is 3.54. The molecule has 1 aromatic heterocycles. The fourth-order valence-electron chi connectivity index (χ4n) is 3.47. The van der Waals surface area contributed by atoms with Crippen LogP contribution in [0.2, 0.25) is 0 Å². The molecule has 0 saturated heterocycles. The van der Waals surface area contributed by atoms with Crippen molar-refractivity contribution in [3.63, 3.8) is 0 Å². The molecule has 1 aromatic carbocycles. The third-order valence-corrected chi connectivity index (χ3v) is 4.78. The molecule has 3 heterocycles. The number of aliphatic hydroxyl groups excluding tert-OH is 1. The number of nitrogens with one attached hydrogen (secondary N) is 3. The molecule has 0 unspecified atom stereocenters. The highest BCUT2D eigenvalue weighted by Gasteiger charge is 2.27. The lowest BCUT2D eigenvalue weighted by Gasteiger charge is -2.24. The monoisotopic (exact) mass is 401 g/mol. The summed E-state index contributed by atoms with van der Waals surface area (Å²) in [5.74, 6) is 1.21. The number of hydrogen-bond acceptors (Lipinski definition) is 8. The zero-order valence-electron chi connectivity index (χ0n) is 16.4. The summed E-state index contributed by atoms with van der Waals surface area (Å²) in [4.78, 5) is 8.67. The molecule has 2 aliphatic rings. The Kier molecular flexibility index (Phi) is 5.50. The zero-order valence-corrected chi connectivity index (χ0v) is 16.4. The first-order valence-corrected chi connectivity index (χ1v) is 9.56. The molecule has 0 amide bonds. The van der Waals surface area contributed by atoms with Gasteiger partial charge in [-0.25, -0.2) is 9.37 Å². The van der Waals surface area contributed by atoms with Gasteiger partial charge in [-0.15, -0.1) is 0 Å². The molecule has 0 spiro atoms. The summed E-state index contributed by atoms with van der Waals surface area (Å²) in [5, 5.41) is 19.2. The second-order valence-corrected chi connectivity index (χ2v) is 6.98. The number of nitrogens with zero attached hydrogens (tertiary/aromatic N) is 2. The Balaban J connectivity index is 1.79. The van der Waals surface area contributed by atoms with Crippen LogP contribution in [0.3, 0.4) is 0 Å². The fraction of sp³-hybridized carbons (Fsp3) is 0.400. The van der Waals surface area contributed by atoms with Gasteiger partial charge < -0.3 is 30.5 Å². The summed E-state index contributed by atoms with van der Waals surface area (Å²) in [6.07, 6.45) is 1.57. The van der Waals surface area contributed by atoms with E-state index >= 15 is 4.39 Å². The fourth-order valence-corrected chi connectivity index (χ4v) is 3.47. The van der Waals surface area contributed by atoms with E-state index in [0.29, 0.717) is 61.2 Å². The number of β-amino-alcohol motifs (C(OH)–C–C–N with tert-alkyl or cyclic N) is 1. The summed E-state index contributed by atoms with van der Waals surface area (Å²) in [5.41, 5.74) is 1.90. The smallest absolute Gasteiger partial charge is 0.229 e. The van der Waals surface area contributed by atoms with Crippen molar-refractivity contribution in [2.24, 2.45) is 0 Å². The summed E-state index contributed by atoms with van der Waals surface area (Å²) >= 11 is 0. The molecule has 154 valence electrons. The van der Waals surface area contributed by atoms with E-state index in [1.165, 1.54) is 0 Å². The SMILES string of the molecule is CNc1cc(C)nc(Nc2cc3c(c(C4=CCNC[C@H](O)C4)c2F)OCCO3)n1. The molecule has 0 saturated carbocycles. The van der Waals surface area contributed by atoms with E-state index in [9.17, 15) is 5.11 Å². The molecule has 0 bridgehead atoms. The van der Waals surface area contributed by atoms with Crippen LogP contribution in [0.1, 0.15) is 17.7 Å². The highest BCUT2D eigenvalue weighted by Crippen LogP contribution is 2.44. The maximum Gasteiger partial charge on any atom is 0.229 e. The Morgan fingerprint density at radius 3 is 2.90 bits per heavy atom. The normalized spacial score (nSPS) is 18.6. The van der Waals surface area contributed by atoms with Crippen molar-refractivity contribution in [2.45, 2.75) is 19.4 Å². The third-order valence-electron chi connectivity index (χ3n) is 4.78. The quantitative estimate of drug-likeness (QED) is 0.619. The third kappa shape index (κ3) is 4.10. The molecule has 0 radical (unpaired) electrons. The van der Waals surface area contributed by atoms with Gasteiger partial charge in [0, 0.05) is 44.4 Å². The van der Waals surface area contributed by atoms with Crippen LogP contribution in [0.4, 0.5) is 21.8 Å². The van der Waals surface area contributed by atoms with Crippen LogP contribution in [-0.4, -0.2) is 54.5 Å². The lowest BCUT2D eigenvalue weighted by Crippen LogP contribution is -2.24. The van der Waals surface area contributed by atoms with Gasteiger partial charge in [0.15, 0.2) is 17.3 Å². The number of fused-ring (bicyclic) bond motifs is 1. The molecule has 29 heavy (non-hydrogen) atoms. The average molecular weight is 401 g/mol. The van der Waals surface area contributed by atoms with Crippen molar-refractivity contribution in [3.05, 3.63) is 35.3 Å². The van der Waals surface area contributed by atoms with Crippen molar-refractivity contribution in [1.29, 1.82) is 0 Å². The van der Waals surface area contributed by atoms with Crippen molar-refractivity contribution >= 4 is 23.0 Å². The molecule has 9 heteroatoms. The second kappa shape index (κ2) is 8.22. The molecule has 0 aliphatic carbocycles. The predicted molar refractivity (Wildman–Crippen MR) is 108 cm³/mol. The average Bonchev–Trinajstić information content (AvgIpc) is 2.92. The minimum absolute atomic E-state index is 0.185. The number of aromatic nitrogens is 2. The molecule has 2 aromatic rings. The van der Waals surface area contributed by atoms with Gasteiger partial charge in [-0.1, -0.05) is 6.08 Å². The van der Waals surface area contributed by atoms with Gasteiger partial charge in [-0.05, 0) is 12.5 Å². The second-order valence-electron chi connectivity index (χ2n) is 6.98. The Hall–Kier alpha value is -2.91. The minimum atomic E-state index is -0.613. The lowest BCUT2D eigenvalue weighted by molar-refractivity contribution is 0.169. The van der Waals surface area contributed by atoms with Gasteiger partial charge in [0.05, 0.1) is 17.4 Å². The van der Waals surface area contributed by atoms with Crippen LogP contribution in [0.15, 0.2) is 18.2 Å². The van der Waals surface area contributed by atoms with E-state index in [2.05, 4.69) is 25.9 Å². The van der Waals surface area contributed by atoms with Crippen molar-refractivity contribution < 1.29 is 19.0 Å². The van der Waals surface area contributed by atoms with E-state index in [0.717, 1.165) is 5.69 Å². The first-order chi connectivity index (χ1) is 14.0. The van der Waals surface area contributed by atoms with Crippen LogP contribution >= 0.6 is 0 Å². The molecule has 2 aliphatic heterocycles. The van der Waals surface area contributed by atoms with Gasteiger partial charge in [-0.2, -0.15) is 4.98 Å². The van der Waals surface area contributed by atoms with E-state index in [1.54, 1.807) is 19.2 Å². The van der Waals surface area contributed by atoms with E-state index < -0.39 is 11.9 Å². The van der Waals surface area contributed by atoms with Gasteiger partial charge in [0.2, 0.25) is 5.95 Å². The van der Waals surface area contributed by atoms with E-state index in [1.807, 2.05) is 13.0 Å². The Labute approximate surface area is 168 Å². The van der Waals surface area contributed by atoms with Crippen molar-refractivity contribution in [1.82, 2.24) is 15.3 Å². The van der Waals surface area contributed by atoms with Gasteiger partial charge in [0.1, 0.15) is 19.0 Å². The number of anilines is 3. The van der Waals surface area contributed by atoms with Gasteiger partial charge in [0.25, 0.3) is 0 Å². The summed E-state index contributed by atoms with van der Waals surface area (Å²) in [7, 11) is 1.76. The number of aryl methyl sites for hydroxylation is 1. The predicted octanol–water partition coefficient (Wildman–Crippen LogP) is 2.22. The highest BCUT2D eigenvalue weighted by molar-refractivity contribution is 5.79. The van der Waals surface area contributed by atoms with Crippen molar-refractivity contribution in [2.75, 3.05) is 44.0 Å². The highest BCUT2D eigenvalue weighted by atomic mass is 19.1. The molecule has 8 nitrogen and oxygen atoms in total. The van der Waals surface area contributed by atoms with E-state index in [-0.39, 0.29) is 11.6 Å². The number of rotatable bonds is 4. The van der Waals surface area contributed by atoms with E-state index in [4.69, 9.17) is 9.47 Å². The van der Waals surface area contributed by atoms with Crippen LogP contribution < -0.4 is 25.4 Å². The Morgan fingerprint density at radius 2 is 2.07 bits per heavy atom. The van der Waals surface area contributed by atoms with Crippen LogP contribution in [0.25, 0.3) is 5.57 Å². The molecule has 4 N–H and O–H groups in total. The molecule has 0 fully saturated rings. The maximum atomic E-state index is 15.7. The van der Waals surface area contributed by atoms with Crippen molar-refractivity contribution in [3.8, 4) is 11.5 Å². The lowest BCUT2D eigenvalue weighted by atomic mass is 9.97. The molecule has 4 rings (SSSR count). The van der Waals surface area contributed by atoms with Crippen LogP contribution in [0.5, 0.6) is 11.5 Å². The van der Waals surface area contributed by atoms with Crippen LogP contribution in [-0.2, 0) is 0 Å². The molecule has 1 atom stereocenters. The number of benzene rings is 1. The topological polar surface area (TPSA) is 101 Å². The standard InChI is InChI=1S/C20H24FN5O3/c1-11-7-16(22-2)26-20(24-11)25-14-9-15-19(29-6-5-28-15)17(18(14)21)12-3-4-23-10-13(27)8-12/h3,7,9,13,23,27H,4-6,8,10H2,1-2H3,(H2,22,24,25,26)/t13-/m1/s1. The molecular weight excluding hydrogens is 377 g/mol. The number of ether oxygens (including phenoxy) is 2. The minimum Gasteiger partial charge on any atom is -0.486 e. The zero-order chi connectivity index (χ0) is 20.4. The number of halogens is 1.